The summed E-state index contributed by atoms with van der Waals surface area (Å²) in [6.07, 6.45) is 3.66. The van der Waals surface area contributed by atoms with Crippen LogP contribution in [0.5, 0.6) is 5.75 Å². The van der Waals surface area contributed by atoms with E-state index >= 15 is 0 Å². The summed E-state index contributed by atoms with van der Waals surface area (Å²) in [5, 5.41) is 9.83. The number of aliphatic hydroxyl groups is 1. The summed E-state index contributed by atoms with van der Waals surface area (Å²) in [5.41, 5.74) is 0.678. The number of hydrogen-bond acceptors (Lipinski definition) is 3. The van der Waals surface area contributed by atoms with Gasteiger partial charge in [0.15, 0.2) is 0 Å². The van der Waals surface area contributed by atoms with Crippen LogP contribution in [0.3, 0.4) is 0 Å². The van der Waals surface area contributed by atoms with Crippen molar-refractivity contribution in [3.8, 4) is 5.75 Å². The second kappa shape index (κ2) is 5.89. The fourth-order valence-corrected chi connectivity index (χ4v) is 1.92. The molecule has 4 nitrogen and oxygen atoms in total. The standard InChI is InChI=1S/C13H15ClN2O2/c1-2-16-6-5-15-13(16)9-18-12-4-3-11(14)7-10(12)8-17/h3-7,17H,2,8-9H2,1H3. The molecule has 0 amide bonds. The van der Waals surface area contributed by atoms with E-state index in [1.54, 1.807) is 24.4 Å². The minimum absolute atomic E-state index is 0.0991. The third-order valence-electron chi connectivity index (χ3n) is 2.69. The molecule has 5 heteroatoms. The first-order valence-electron chi connectivity index (χ1n) is 5.76. The first-order valence-corrected chi connectivity index (χ1v) is 6.14. The molecule has 1 heterocycles. The van der Waals surface area contributed by atoms with Gasteiger partial charge in [-0.2, -0.15) is 0 Å². The largest absolute Gasteiger partial charge is 0.485 e. The van der Waals surface area contributed by atoms with Crippen LogP contribution in [0.1, 0.15) is 18.3 Å². The highest BCUT2D eigenvalue weighted by molar-refractivity contribution is 6.30. The van der Waals surface area contributed by atoms with Crippen LogP contribution < -0.4 is 4.74 Å². The molecule has 0 spiro atoms. The van der Waals surface area contributed by atoms with Gasteiger partial charge in [-0.3, -0.25) is 0 Å². The van der Waals surface area contributed by atoms with E-state index in [1.165, 1.54) is 0 Å². The van der Waals surface area contributed by atoms with Gasteiger partial charge in [0, 0.05) is 29.5 Å². The van der Waals surface area contributed by atoms with Crippen molar-refractivity contribution in [2.24, 2.45) is 0 Å². The highest BCUT2D eigenvalue weighted by Gasteiger charge is 2.06. The molecule has 0 radical (unpaired) electrons. The fourth-order valence-electron chi connectivity index (χ4n) is 1.72. The lowest BCUT2D eigenvalue weighted by atomic mass is 10.2. The first kappa shape index (κ1) is 12.9. The number of aryl methyl sites for hydroxylation is 1. The number of benzene rings is 1. The Balaban J connectivity index is 2.10. The zero-order valence-electron chi connectivity index (χ0n) is 10.1. The lowest BCUT2D eigenvalue weighted by Crippen LogP contribution is -2.06. The Hall–Kier alpha value is -1.52. The maximum absolute atomic E-state index is 9.24. The van der Waals surface area contributed by atoms with Crippen molar-refractivity contribution in [3.63, 3.8) is 0 Å². The lowest BCUT2D eigenvalue weighted by Gasteiger charge is -2.11. The smallest absolute Gasteiger partial charge is 0.146 e. The second-order valence-electron chi connectivity index (χ2n) is 3.83. The minimum Gasteiger partial charge on any atom is -0.485 e. The molecule has 96 valence electrons. The molecule has 0 aliphatic carbocycles. The van der Waals surface area contributed by atoms with Gasteiger partial charge >= 0.3 is 0 Å². The van der Waals surface area contributed by atoms with Crippen LogP contribution in [0.2, 0.25) is 5.02 Å². The molecule has 0 saturated carbocycles. The third-order valence-corrected chi connectivity index (χ3v) is 2.93. The van der Waals surface area contributed by atoms with E-state index < -0.39 is 0 Å². The number of ether oxygens (including phenoxy) is 1. The van der Waals surface area contributed by atoms with Gasteiger partial charge in [0.05, 0.1) is 6.61 Å². The molecule has 0 fully saturated rings. The van der Waals surface area contributed by atoms with Crippen LogP contribution >= 0.6 is 11.6 Å². The van der Waals surface area contributed by atoms with Crippen molar-refractivity contribution in [1.82, 2.24) is 9.55 Å². The summed E-state index contributed by atoms with van der Waals surface area (Å²) >= 11 is 5.86. The maximum atomic E-state index is 9.24. The van der Waals surface area contributed by atoms with Crippen molar-refractivity contribution in [2.75, 3.05) is 0 Å². The summed E-state index contributed by atoms with van der Waals surface area (Å²) in [6.45, 7) is 3.17. The van der Waals surface area contributed by atoms with Gasteiger partial charge in [-0.1, -0.05) is 11.6 Å². The van der Waals surface area contributed by atoms with E-state index in [4.69, 9.17) is 16.3 Å². The van der Waals surface area contributed by atoms with E-state index in [2.05, 4.69) is 4.98 Å². The number of rotatable bonds is 5. The van der Waals surface area contributed by atoms with Gasteiger partial charge in [0.1, 0.15) is 18.2 Å². The molecule has 2 aromatic rings. The summed E-state index contributed by atoms with van der Waals surface area (Å²) in [6, 6.07) is 5.19. The van der Waals surface area contributed by atoms with Gasteiger partial charge in [-0.05, 0) is 25.1 Å². The van der Waals surface area contributed by atoms with Gasteiger partial charge in [0.2, 0.25) is 0 Å². The summed E-state index contributed by atoms with van der Waals surface area (Å²) < 4.78 is 7.68. The number of aromatic nitrogens is 2. The van der Waals surface area contributed by atoms with Crippen LogP contribution in [0.15, 0.2) is 30.6 Å². The first-order chi connectivity index (χ1) is 8.74. The molecule has 18 heavy (non-hydrogen) atoms. The predicted molar refractivity (Wildman–Crippen MR) is 69.6 cm³/mol. The molecule has 1 aromatic heterocycles. The normalized spacial score (nSPS) is 10.6. The predicted octanol–water partition coefficient (Wildman–Crippen LogP) is 2.63. The Morgan fingerprint density at radius 1 is 1.44 bits per heavy atom. The molecule has 0 bridgehead atoms. The molecule has 1 aromatic carbocycles. The monoisotopic (exact) mass is 266 g/mol. The maximum Gasteiger partial charge on any atom is 0.146 e. The number of nitrogens with zero attached hydrogens (tertiary/aromatic N) is 2. The molecule has 0 unspecified atom stereocenters. The highest BCUT2D eigenvalue weighted by Crippen LogP contribution is 2.23. The number of imidazole rings is 1. The highest BCUT2D eigenvalue weighted by atomic mass is 35.5. The molecule has 2 rings (SSSR count). The van der Waals surface area contributed by atoms with Crippen LogP contribution in [-0.2, 0) is 19.8 Å². The molecule has 0 saturated heterocycles. The summed E-state index contributed by atoms with van der Waals surface area (Å²) in [4.78, 5) is 4.22. The second-order valence-corrected chi connectivity index (χ2v) is 4.26. The van der Waals surface area contributed by atoms with E-state index in [0.29, 0.717) is 22.9 Å². The van der Waals surface area contributed by atoms with Crippen LogP contribution in [0.4, 0.5) is 0 Å². The van der Waals surface area contributed by atoms with Gasteiger partial charge in [0.25, 0.3) is 0 Å². The summed E-state index contributed by atoms with van der Waals surface area (Å²) in [5.74, 6) is 1.49. The van der Waals surface area contributed by atoms with Crippen molar-refractivity contribution < 1.29 is 9.84 Å². The van der Waals surface area contributed by atoms with Crippen molar-refractivity contribution in [1.29, 1.82) is 0 Å². The van der Waals surface area contributed by atoms with E-state index in [0.717, 1.165) is 12.4 Å². The zero-order valence-corrected chi connectivity index (χ0v) is 10.9. The quantitative estimate of drug-likeness (QED) is 0.905. The lowest BCUT2D eigenvalue weighted by molar-refractivity contribution is 0.253. The van der Waals surface area contributed by atoms with Crippen LogP contribution in [-0.4, -0.2) is 14.7 Å². The Kier molecular flexibility index (Phi) is 4.23. The average Bonchev–Trinajstić information content (AvgIpc) is 2.84. The Morgan fingerprint density at radius 3 is 3.00 bits per heavy atom. The van der Waals surface area contributed by atoms with Crippen molar-refractivity contribution >= 4 is 11.6 Å². The Bertz CT molecular complexity index is 525. The Morgan fingerprint density at radius 2 is 2.28 bits per heavy atom. The SMILES string of the molecule is CCn1ccnc1COc1ccc(Cl)cc1CO. The average molecular weight is 267 g/mol. The van der Waals surface area contributed by atoms with Gasteiger partial charge < -0.3 is 14.4 Å². The van der Waals surface area contributed by atoms with Gasteiger partial charge in [-0.25, -0.2) is 4.98 Å². The van der Waals surface area contributed by atoms with Gasteiger partial charge in [-0.15, -0.1) is 0 Å². The number of aliphatic hydroxyl groups excluding tert-OH is 1. The number of hydrogen-bond donors (Lipinski definition) is 1. The fraction of sp³-hybridized carbons (Fsp3) is 0.308. The minimum atomic E-state index is -0.0991. The van der Waals surface area contributed by atoms with E-state index in [1.807, 2.05) is 17.7 Å². The molecular formula is C13H15ClN2O2. The summed E-state index contributed by atoms with van der Waals surface area (Å²) in [7, 11) is 0. The molecule has 0 aliphatic heterocycles. The topological polar surface area (TPSA) is 47.3 Å². The van der Waals surface area contributed by atoms with E-state index in [-0.39, 0.29) is 6.61 Å². The van der Waals surface area contributed by atoms with Crippen molar-refractivity contribution in [2.45, 2.75) is 26.7 Å². The molecule has 0 aliphatic rings. The Labute approximate surface area is 111 Å². The van der Waals surface area contributed by atoms with E-state index in [9.17, 15) is 5.11 Å². The molecule has 0 atom stereocenters. The zero-order chi connectivity index (χ0) is 13.0. The van der Waals surface area contributed by atoms with Crippen molar-refractivity contribution in [3.05, 3.63) is 47.0 Å². The van der Waals surface area contributed by atoms with Crippen LogP contribution in [0.25, 0.3) is 0 Å². The van der Waals surface area contributed by atoms with Crippen LogP contribution in [0, 0.1) is 0 Å². The third kappa shape index (κ3) is 2.83. The molecular weight excluding hydrogens is 252 g/mol. The molecule has 1 N–H and O–H groups in total. The number of halogens is 1.